The van der Waals surface area contributed by atoms with Gasteiger partial charge < -0.3 is 24.3 Å². The minimum absolute atomic E-state index is 0.00723. The number of piperazine rings is 2. The number of carbonyl (C=O) groups excluding carboxylic acids is 1. The van der Waals surface area contributed by atoms with Gasteiger partial charge in [-0.25, -0.2) is 4.98 Å². The molecule has 2 aromatic heterocycles. The molecule has 0 unspecified atom stereocenters. The van der Waals surface area contributed by atoms with Crippen molar-refractivity contribution in [1.29, 1.82) is 0 Å². The van der Waals surface area contributed by atoms with Gasteiger partial charge in [-0.3, -0.25) is 14.2 Å². The second kappa shape index (κ2) is 10.2. The summed E-state index contributed by atoms with van der Waals surface area (Å²) >= 11 is 1.38. The van der Waals surface area contributed by atoms with Gasteiger partial charge in [-0.15, -0.1) is 0 Å². The van der Waals surface area contributed by atoms with Gasteiger partial charge in [-0.05, 0) is 30.8 Å². The Morgan fingerprint density at radius 2 is 1.69 bits per heavy atom. The standard InChI is InChI=1S/C24H31N7O3S/c1-3-27-8-10-30(11-9-27)24-26-22-21(35-24)23(33)31(17-25-22)16-20(32)29-14-12-28(13-15-29)18-4-6-19(34-2)7-5-18/h4-7,17H,3,8-16H2,1-2H3. The molecule has 2 aliphatic rings. The highest BCUT2D eigenvalue weighted by Crippen LogP contribution is 2.26. The van der Waals surface area contributed by atoms with E-state index in [1.165, 1.54) is 22.2 Å². The number of carbonyl (C=O) groups is 1. The van der Waals surface area contributed by atoms with Gasteiger partial charge in [-0.1, -0.05) is 18.3 Å². The van der Waals surface area contributed by atoms with Crippen LogP contribution in [0.3, 0.4) is 0 Å². The SMILES string of the molecule is CCN1CCN(c2nc3ncn(CC(=O)N4CCN(c5ccc(OC)cc5)CC4)c(=O)c3s2)CC1. The lowest BCUT2D eigenvalue weighted by molar-refractivity contribution is -0.132. The van der Waals surface area contributed by atoms with Gasteiger partial charge in [-0.2, -0.15) is 4.98 Å². The second-order valence-electron chi connectivity index (χ2n) is 8.81. The number of rotatable bonds is 6. The second-order valence-corrected chi connectivity index (χ2v) is 9.79. The fourth-order valence-corrected chi connectivity index (χ4v) is 5.61. The number of nitrogens with zero attached hydrogens (tertiary/aromatic N) is 7. The predicted octanol–water partition coefficient (Wildman–Crippen LogP) is 1.35. The summed E-state index contributed by atoms with van der Waals surface area (Å²) in [5, 5.41) is 0.832. The maximum absolute atomic E-state index is 13.1. The van der Waals surface area contributed by atoms with Crippen molar-refractivity contribution in [3.8, 4) is 5.75 Å². The normalized spacial score (nSPS) is 17.3. The van der Waals surface area contributed by atoms with Crippen LogP contribution in [0.15, 0.2) is 35.4 Å². The van der Waals surface area contributed by atoms with Gasteiger partial charge in [0.2, 0.25) is 5.91 Å². The van der Waals surface area contributed by atoms with Crippen molar-refractivity contribution in [2.45, 2.75) is 13.5 Å². The van der Waals surface area contributed by atoms with E-state index in [1.54, 1.807) is 7.11 Å². The summed E-state index contributed by atoms with van der Waals surface area (Å²) in [5.41, 5.74) is 1.38. The number of amides is 1. The predicted molar refractivity (Wildman–Crippen MR) is 138 cm³/mol. The van der Waals surface area contributed by atoms with Crippen LogP contribution in [0.4, 0.5) is 10.8 Å². The monoisotopic (exact) mass is 497 g/mol. The fraction of sp³-hybridized carbons (Fsp3) is 0.500. The Hall–Kier alpha value is -3.18. The van der Waals surface area contributed by atoms with E-state index in [4.69, 9.17) is 4.74 Å². The highest BCUT2D eigenvalue weighted by molar-refractivity contribution is 7.22. The summed E-state index contributed by atoms with van der Waals surface area (Å²) in [6, 6.07) is 7.95. The molecule has 2 aliphatic heterocycles. The number of benzene rings is 1. The number of ether oxygens (including phenoxy) is 1. The molecule has 0 N–H and O–H groups in total. The number of fused-ring (bicyclic) bond motifs is 1. The van der Waals surface area contributed by atoms with Crippen molar-refractivity contribution >= 4 is 38.4 Å². The Balaban J connectivity index is 1.22. The lowest BCUT2D eigenvalue weighted by Crippen LogP contribution is -2.50. The average Bonchev–Trinajstić information content (AvgIpc) is 3.36. The van der Waals surface area contributed by atoms with Gasteiger partial charge in [0.1, 0.15) is 23.3 Å². The van der Waals surface area contributed by atoms with Crippen molar-refractivity contribution in [2.24, 2.45) is 0 Å². The number of methoxy groups -OCH3 is 1. The van der Waals surface area contributed by atoms with Crippen molar-refractivity contribution in [1.82, 2.24) is 24.3 Å². The molecule has 5 rings (SSSR count). The lowest BCUT2D eigenvalue weighted by Gasteiger charge is -2.36. The Bertz CT molecular complexity index is 1230. The molecule has 11 heteroatoms. The zero-order valence-electron chi connectivity index (χ0n) is 20.2. The van der Waals surface area contributed by atoms with Crippen LogP contribution in [0, 0.1) is 0 Å². The topological polar surface area (TPSA) is 87.0 Å². The van der Waals surface area contributed by atoms with Crippen LogP contribution >= 0.6 is 11.3 Å². The van der Waals surface area contributed by atoms with E-state index in [2.05, 4.69) is 31.6 Å². The van der Waals surface area contributed by atoms with Gasteiger partial charge in [0.05, 0.1) is 7.11 Å². The Morgan fingerprint density at radius 3 is 2.34 bits per heavy atom. The van der Waals surface area contributed by atoms with Crippen LogP contribution < -0.4 is 20.1 Å². The third-order valence-corrected chi connectivity index (χ3v) is 7.93. The van der Waals surface area contributed by atoms with Crippen LogP contribution in [0.2, 0.25) is 0 Å². The number of hydrogen-bond donors (Lipinski definition) is 0. The van der Waals surface area contributed by atoms with E-state index >= 15 is 0 Å². The average molecular weight is 498 g/mol. The van der Waals surface area contributed by atoms with Crippen LogP contribution in [0.1, 0.15) is 6.92 Å². The number of likely N-dealkylation sites (N-methyl/N-ethyl adjacent to an activating group) is 1. The highest BCUT2D eigenvalue weighted by Gasteiger charge is 2.24. The summed E-state index contributed by atoms with van der Waals surface area (Å²) in [5.74, 6) is 0.758. The summed E-state index contributed by atoms with van der Waals surface area (Å²) in [4.78, 5) is 43.8. The summed E-state index contributed by atoms with van der Waals surface area (Å²) in [6.45, 7) is 9.69. The summed E-state index contributed by atoms with van der Waals surface area (Å²) in [6.07, 6.45) is 1.45. The molecule has 1 aromatic carbocycles. The highest BCUT2D eigenvalue weighted by atomic mass is 32.1. The zero-order valence-corrected chi connectivity index (χ0v) is 21.0. The van der Waals surface area contributed by atoms with Crippen LogP contribution in [-0.2, 0) is 11.3 Å². The quantitative estimate of drug-likeness (QED) is 0.505. The van der Waals surface area contributed by atoms with Gasteiger partial charge in [0.15, 0.2) is 10.8 Å². The maximum atomic E-state index is 13.1. The van der Waals surface area contributed by atoms with E-state index in [0.717, 1.165) is 62.4 Å². The smallest absolute Gasteiger partial charge is 0.273 e. The van der Waals surface area contributed by atoms with Gasteiger partial charge in [0.25, 0.3) is 5.56 Å². The van der Waals surface area contributed by atoms with Crippen molar-refractivity contribution in [3.63, 3.8) is 0 Å². The minimum atomic E-state index is -0.198. The van der Waals surface area contributed by atoms with Crippen molar-refractivity contribution in [3.05, 3.63) is 40.9 Å². The van der Waals surface area contributed by atoms with Crippen molar-refractivity contribution < 1.29 is 9.53 Å². The minimum Gasteiger partial charge on any atom is -0.497 e. The molecule has 186 valence electrons. The molecule has 0 bridgehead atoms. The Morgan fingerprint density at radius 1 is 1.00 bits per heavy atom. The van der Waals surface area contributed by atoms with E-state index in [9.17, 15) is 9.59 Å². The third-order valence-electron chi connectivity index (χ3n) is 6.84. The van der Waals surface area contributed by atoms with E-state index in [-0.39, 0.29) is 18.0 Å². The first kappa shape index (κ1) is 23.6. The molecule has 1 amide bonds. The van der Waals surface area contributed by atoms with Gasteiger partial charge >= 0.3 is 0 Å². The molecule has 2 fully saturated rings. The van der Waals surface area contributed by atoms with Crippen molar-refractivity contribution in [2.75, 3.05) is 75.8 Å². The Kier molecular flexibility index (Phi) is 6.87. The fourth-order valence-electron chi connectivity index (χ4n) is 4.59. The lowest BCUT2D eigenvalue weighted by atomic mass is 10.2. The molecule has 0 radical (unpaired) electrons. The molecule has 4 heterocycles. The molecule has 10 nitrogen and oxygen atoms in total. The maximum Gasteiger partial charge on any atom is 0.273 e. The largest absolute Gasteiger partial charge is 0.497 e. The molecule has 0 aliphatic carbocycles. The van der Waals surface area contributed by atoms with Crippen LogP contribution in [0.5, 0.6) is 5.75 Å². The van der Waals surface area contributed by atoms with E-state index < -0.39 is 0 Å². The molecule has 3 aromatic rings. The number of thiazole rings is 1. The number of anilines is 2. The molecular formula is C24H31N7O3S. The van der Waals surface area contributed by atoms with Crippen LogP contribution in [0.25, 0.3) is 10.3 Å². The van der Waals surface area contributed by atoms with Crippen LogP contribution in [-0.4, -0.2) is 96.3 Å². The van der Waals surface area contributed by atoms with Gasteiger partial charge in [0, 0.05) is 58.0 Å². The Labute approximate surface area is 208 Å². The molecular weight excluding hydrogens is 466 g/mol. The summed E-state index contributed by atoms with van der Waals surface area (Å²) < 4.78 is 7.15. The first-order valence-electron chi connectivity index (χ1n) is 12.1. The number of hydrogen-bond acceptors (Lipinski definition) is 9. The molecule has 0 spiro atoms. The molecule has 0 saturated carbocycles. The first-order chi connectivity index (χ1) is 17.1. The number of aromatic nitrogens is 3. The third kappa shape index (κ3) is 4.96. The molecule has 2 saturated heterocycles. The molecule has 0 atom stereocenters. The van der Waals surface area contributed by atoms with E-state index in [0.29, 0.717) is 23.4 Å². The summed E-state index contributed by atoms with van der Waals surface area (Å²) in [7, 11) is 1.65. The molecule has 35 heavy (non-hydrogen) atoms. The first-order valence-corrected chi connectivity index (χ1v) is 12.9. The van der Waals surface area contributed by atoms with E-state index in [1.807, 2.05) is 29.2 Å². The zero-order chi connectivity index (χ0) is 24.4.